The normalized spacial score (nSPS) is 12.5. The molecule has 0 saturated carbocycles. The molecule has 3 rings (SSSR count). The molecule has 132 valence electrons. The summed E-state index contributed by atoms with van der Waals surface area (Å²) >= 11 is 6.22. The molecule has 25 heavy (non-hydrogen) atoms. The standard InChI is InChI=1S/C18H18ClNO5/c1-20(12-4-5-14(22-2)15(10-12)23-3)18(21)11-8-13(19)17-16(9-11)24-6-7-25-17/h4-5,8-10H,6-7H2,1-3H3. The second kappa shape index (κ2) is 7.11. The van der Waals surface area contributed by atoms with Crippen molar-refractivity contribution in [1.29, 1.82) is 0 Å². The molecule has 1 amide bonds. The molecule has 0 radical (unpaired) electrons. The number of carbonyl (C=O) groups is 1. The van der Waals surface area contributed by atoms with Gasteiger partial charge in [0.2, 0.25) is 0 Å². The molecular formula is C18H18ClNO5. The zero-order valence-electron chi connectivity index (χ0n) is 14.2. The summed E-state index contributed by atoms with van der Waals surface area (Å²) in [6, 6.07) is 8.47. The van der Waals surface area contributed by atoms with Gasteiger partial charge in [-0.1, -0.05) is 11.6 Å². The Morgan fingerprint density at radius 1 is 1.08 bits per heavy atom. The van der Waals surface area contributed by atoms with Crippen molar-refractivity contribution < 1.29 is 23.7 Å². The molecule has 0 atom stereocenters. The molecule has 0 N–H and O–H groups in total. The summed E-state index contributed by atoms with van der Waals surface area (Å²) in [6.45, 7) is 0.859. The van der Waals surface area contributed by atoms with E-state index in [4.69, 9.17) is 30.5 Å². The lowest BCUT2D eigenvalue weighted by Crippen LogP contribution is -2.26. The summed E-state index contributed by atoms with van der Waals surface area (Å²) < 4.78 is 21.5. The first kappa shape index (κ1) is 17.2. The van der Waals surface area contributed by atoms with Gasteiger partial charge >= 0.3 is 0 Å². The van der Waals surface area contributed by atoms with Gasteiger partial charge in [-0.2, -0.15) is 0 Å². The van der Waals surface area contributed by atoms with E-state index in [0.29, 0.717) is 52.5 Å². The molecule has 0 bridgehead atoms. The highest BCUT2D eigenvalue weighted by atomic mass is 35.5. The molecule has 2 aromatic rings. The van der Waals surface area contributed by atoms with E-state index >= 15 is 0 Å². The van der Waals surface area contributed by atoms with E-state index in [1.165, 1.54) is 4.90 Å². The lowest BCUT2D eigenvalue weighted by Gasteiger charge is -2.22. The average Bonchev–Trinajstić information content (AvgIpc) is 2.66. The highest BCUT2D eigenvalue weighted by Crippen LogP contribution is 2.39. The van der Waals surface area contributed by atoms with Crippen molar-refractivity contribution in [3.8, 4) is 23.0 Å². The summed E-state index contributed by atoms with van der Waals surface area (Å²) in [5.41, 5.74) is 1.07. The third-order valence-electron chi connectivity index (χ3n) is 3.90. The maximum Gasteiger partial charge on any atom is 0.258 e. The van der Waals surface area contributed by atoms with Gasteiger partial charge in [-0.25, -0.2) is 0 Å². The largest absolute Gasteiger partial charge is 0.493 e. The summed E-state index contributed by atoms with van der Waals surface area (Å²) in [7, 11) is 4.78. The van der Waals surface area contributed by atoms with Crippen LogP contribution in [0.3, 0.4) is 0 Å². The van der Waals surface area contributed by atoms with Crippen molar-refractivity contribution in [2.24, 2.45) is 0 Å². The molecule has 0 unspecified atom stereocenters. The van der Waals surface area contributed by atoms with Crippen molar-refractivity contribution in [3.05, 3.63) is 40.9 Å². The minimum atomic E-state index is -0.230. The third kappa shape index (κ3) is 3.30. The van der Waals surface area contributed by atoms with Crippen molar-refractivity contribution >= 4 is 23.2 Å². The smallest absolute Gasteiger partial charge is 0.258 e. The fourth-order valence-corrected chi connectivity index (χ4v) is 2.84. The number of hydrogen-bond acceptors (Lipinski definition) is 5. The molecule has 1 aliphatic rings. The number of benzene rings is 2. The topological polar surface area (TPSA) is 57.2 Å². The Morgan fingerprint density at radius 3 is 2.52 bits per heavy atom. The number of hydrogen-bond donors (Lipinski definition) is 0. The Balaban J connectivity index is 1.91. The van der Waals surface area contributed by atoms with E-state index < -0.39 is 0 Å². The summed E-state index contributed by atoms with van der Waals surface area (Å²) in [4.78, 5) is 14.3. The van der Waals surface area contributed by atoms with Gasteiger partial charge < -0.3 is 23.8 Å². The number of anilines is 1. The molecule has 0 fully saturated rings. The number of methoxy groups -OCH3 is 2. The second-order valence-corrected chi connectivity index (χ2v) is 5.79. The van der Waals surface area contributed by atoms with Gasteiger partial charge in [-0.05, 0) is 24.3 Å². The first-order chi connectivity index (χ1) is 12.0. The van der Waals surface area contributed by atoms with Gasteiger partial charge in [-0.15, -0.1) is 0 Å². The highest BCUT2D eigenvalue weighted by Gasteiger charge is 2.22. The Bertz CT molecular complexity index is 808. The first-order valence-corrected chi connectivity index (χ1v) is 8.02. The molecule has 0 aliphatic carbocycles. The van der Waals surface area contributed by atoms with Crippen LogP contribution in [0, 0.1) is 0 Å². The quantitative estimate of drug-likeness (QED) is 0.833. The number of ether oxygens (including phenoxy) is 4. The lowest BCUT2D eigenvalue weighted by atomic mass is 10.1. The summed E-state index contributed by atoms with van der Waals surface area (Å²) in [6.07, 6.45) is 0. The van der Waals surface area contributed by atoms with Crippen molar-refractivity contribution in [2.75, 3.05) is 39.4 Å². The van der Waals surface area contributed by atoms with E-state index in [-0.39, 0.29) is 5.91 Å². The molecule has 2 aromatic carbocycles. The molecule has 0 saturated heterocycles. The number of fused-ring (bicyclic) bond motifs is 1. The minimum Gasteiger partial charge on any atom is -0.493 e. The maximum absolute atomic E-state index is 12.8. The third-order valence-corrected chi connectivity index (χ3v) is 4.18. The van der Waals surface area contributed by atoms with Gasteiger partial charge in [0.05, 0.1) is 19.2 Å². The predicted molar refractivity (Wildman–Crippen MR) is 94.7 cm³/mol. The monoisotopic (exact) mass is 363 g/mol. The summed E-state index contributed by atoms with van der Waals surface area (Å²) in [5.74, 6) is 1.85. The van der Waals surface area contributed by atoms with Gasteiger partial charge in [-0.3, -0.25) is 4.79 Å². The van der Waals surface area contributed by atoms with Gasteiger partial charge in [0, 0.05) is 24.4 Å². The number of amides is 1. The number of nitrogens with zero attached hydrogens (tertiary/aromatic N) is 1. The maximum atomic E-state index is 12.8. The van der Waals surface area contributed by atoms with Crippen LogP contribution < -0.4 is 23.8 Å². The molecular weight excluding hydrogens is 346 g/mol. The zero-order valence-corrected chi connectivity index (χ0v) is 14.9. The second-order valence-electron chi connectivity index (χ2n) is 5.39. The van der Waals surface area contributed by atoms with E-state index in [2.05, 4.69) is 0 Å². The molecule has 1 heterocycles. The van der Waals surface area contributed by atoms with Gasteiger partial charge in [0.15, 0.2) is 23.0 Å². The Labute approximate surface area is 150 Å². The highest BCUT2D eigenvalue weighted by molar-refractivity contribution is 6.32. The van der Waals surface area contributed by atoms with Crippen molar-refractivity contribution in [3.63, 3.8) is 0 Å². The van der Waals surface area contributed by atoms with E-state index in [1.807, 2.05) is 0 Å². The van der Waals surface area contributed by atoms with E-state index in [9.17, 15) is 4.79 Å². The fourth-order valence-electron chi connectivity index (χ4n) is 2.58. The molecule has 7 heteroatoms. The van der Waals surface area contributed by atoms with Crippen LogP contribution in [0.1, 0.15) is 10.4 Å². The molecule has 6 nitrogen and oxygen atoms in total. The molecule has 0 spiro atoms. The first-order valence-electron chi connectivity index (χ1n) is 7.64. The van der Waals surface area contributed by atoms with Crippen molar-refractivity contribution in [1.82, 2.24) is 0 Å². The van der Waals surface area contributed by atoms with Crippen LogP contribution in [0.2, 0.25) is 5.02 Å². The fraction of sp³-hybridized carbons (Fsp3) is 0.278. The minimum absolute atomic E-state index is 0.230. The number of halogens is 1. The summed E-state index contributed by atoms with van der Waals surface area (Å²) in [5, 5.41) is 0.348. The van der Waals surface area contributed by atoms with Gasteiger partial charge in [0.25, 0.3) is 5.91 Å². The van der Waals surface area contributed by atoms with Crippen LogP contribution in [0.4, 0.5) is 5.69 Å². The Morgan fingerprint density at radius 2 is 1.80 bits per heavy atom. The lowest BCUT2D eigenvalue weighted by molar-refractivity contribution is 0.0991. The van der Waals surface area contributed by atoms with Crippen LogP contribution in [0.15, 0.2) is 30.3 Å². The molecule has 0 aromatic heterocycles. The van der Waals surface area contributed by atoms with Crippen LogP contribution >= 0.6 is 11.6 Å². The predicted octanol–water partition coefficient (Wildman–Crippen LogP) is 3.41. The SMILES string of the molecule is COc1ccc(N(C)C(=O)c2cc(Cl)c3c(c2)OCCO3)cc1OC. The van der Waals surface area contributed by atoms with Crippen LogP contribution in [-0.2, 0) is 0 Å². The van der Waals surface area contributed by atoms with Crippen molar-refractivity contribution in [2.45, 2.75) is 0 Å². The number of carbonyl (C=O) groups excluding carboxylic acids is 1. The Kier molecular flexibility index (Phi) is 4.90. The van der Waals surface area contributed by atoms with Crippen LogP contribution in [-0.4, -0.2) is 40.4 Å². The van der Waals surface area contributed by atoms with Gasteiger partial charge in [0.1, 0.15) is 13.2 Å². The van der Waals surface area contributed by atoms with Crippen LogP contribution in [0.5, 0.6) is 23.0 Å². The Hall–Kier alpha value is -2.60. The van der Waals surface area contributed by atoms with E-state index in [1.54, 1.807) is 51.6 Å². The average molecular weight is 364 g/mol. The van der Waals surface area contributed by atoms with Crippen LogP contribution in [0.25, 0.3) is 0 Å². The number of rotatable bonds is 4. The van der Waals surface area contributed by atoms with E-state index in [0.717, 1.165) is 0 Å². The molecule has 1 aliphatic heterocycles. The zero-order chi connectivity index (χ0) is 18.0.